The maximum absolute atomic E-state index is 5.82. The van der Waals surface area contributed by atoms with E-state index in [0.717, 1.165) is 19.6 Å². The number of rotatable bonds is 5. The van der Waals surface area contributed by atoms with Crippen molar-refractivity contribution in [3.63, 3.8) is 0 Å². The van der Waals surface area contributed by atoms with Crippen molar-refractivity contribution in [3.05, 3.63) is 35.4 Å². The molecule has 0 aromatic heterocycles. The predicted molar refractivity (Wildman–Crippen MR) is 65.8 cm³/mol. The number of aryl methyl sites for hydroxylation is 1. The summed E-state index contributed by atoms with van der Waals surface area (Å²) in [6.07, 6.45) is 0. The third-order valence-corrected chi connectivity index (χ3v) is 2.65. The van der Waals surface area contributed by atoms with Crippen molar-refractivity contribution in [2.45, 2.75) is 33.4 Å². The molecule has 2 heteroatoms. The second kappa shape index (κ2) is 5.89. The van der Waals surface area contributed by atoms with E-state index in [1.54, 1.807) is 0 Å². The van der Waals surface area contributed by atoms with E-state index in [4.69, 9.17) is 5.73 Å². The van der Waals surface area contributed by atoms with Crippen LogP contribution < -0.4 is 5.73 Å². The van der Waals surface area contributed by atoms with Crippen molar-refractivity contribution >= 4 is 0 Å². The van der Waals surface area contributed by atoms with Gasteiger partial charge in [-0.1, -0.05) is 31.2 Å². The van der Waals surface area contributed by atoms with Crippen molar-refractivity contribution in [1.82, 2.24) is 4.90 Å². The first kappa shape index (κ1) is 12.2. The normalized spacial score (nSPS) is 13.1. The Bertz CT molecular complexity index is 294. The fourth-order valence-electron chi connectivity index (χ4n) is 1.74. The molecule has 2 nitrogen and oxygen atoms in total. The van der Waals surface area contributed by atoms with Crippen LogP contribution in [0.3, 0.4) is 0 Å². The number of hydrogen-bond acceptors (Lipinski definition) is 2. The van der Waals surface area contributed by atoms with E-state index in [1.165, 1.54) is 11.1 Å². The Morgan fingerprint density at radius 2 is 2.00 bits per heavy atom. The minimum Gasteiger partial charge on any atom is -0.327 e. The van der Waals surface area contributed by atoms with Crippen LogP contribution in [0.5, 0.6) is 0 Å². The largest absolute Gasteiger partial charge is 0.327 e. The SMILES string of the molecule is CCN(Cc1ccccc1C)CC(C)N. The maximum Gasteiger partial charge on any atom is 0.0236 e. The van der Waals surface area contributed by atoms with Crippen LogP contribution in [0.15, 0.2) is 24.3 Å². The molecule has 84 valence electrons. The molecule has 0 fully saturated rings. The molecule has 2 N–H and O–H groups in total. The molecule has 0 saturated carbocycles. The number of nitrogens with two attached hydrogens (primary N) is 1. The zero-order valence-electron chi connectivity index (χ0n) is 10.0. The molecule has 1 atom stereocenters. The van der Waals surface area contributed by atoms with E-state index in [0.29, 0.717) is 0 Å². The molecule has 15 heavy (non-hydrogen) atoms. The van der Waals surface area contributed by atoms with Gasteiger partial charge in [-0.15, -0.1) is 0 Å². The van der Waals surface area contributed by atoms with Crippen molar-refractivity contribution < 1.29 is 0 Å². The third-order valence-electron chi connectivity index (χ3n) is 2.65. The van der Waals surface area contributed by atoms with Gasteiger partial charge in [0.15, 0.2) is 0 Å². The van der Waals surface area contributed by atoms with Gasteiger partial charge in [-0.2, -0.15) is 0 Å². The van der Waals surface area contributed by atoms with Crippen LogP contribution in [0.25, 0.3) is 0 Å². The molecule has 1 aromatic carbocycles. The van der Waals surface area contributed by atoms with Crippen LogP contribution >= 0.6 is 0 Å². The molecule has 1 rings (SSSR count). The van der Waals surface area contributed by atoms with Gasteiger partial charge < -0.3 is 5.73 Å². The highest BCUT2D eigenvalue weighted by molar-refractivity contribution is 5.25. The first-order chi connectivity index (χ1) is 7.13. The van der Waals surface area contributed by atoms with Gasteiger partial charge in [0, 0.05) is 19.1 Å². The quantitative estimate of drug-likeness (QED) is 0.800. The van der Waals surface area contributed by atoms with Gasteiger partial charge in [0.1, 0.15) is 0 Å². The summed E-state index contributed by atoms with van der Waals surface area (Å²) < 4.78 is 0. The minimum atomic E-state index is 0.244. The lowest BCUT2D eigenvalue weighted by atomic mass is 10.1. The summed E-state index contributed by atoms with van der Waals surface area (Å²) in [7, 11) is 0. The van der Waals surface area contributed by atoms with Gasteiger partial charge >= 0.3 is 0 Å². The number of likely N-dealkylation sites (N-methyl/N-ethyl adjacent to an activating group) is 1. The van der Waals surface area contributed by atoms with Gasteiger partial charge in [0.05, 0.1) is 0 Å². The standard InChI is InChI=1S/C13H22N2/c1-4-15(9-12(3)14)10-13-8-6-5-7-11(13)2/h5-8,12H,4,9-10,14H2,1-3H3. The topological polar surface area (TPSA) is 29.3 Å². The summed E-state index contributed by atoms with van der Waals surface area (Å²) in [5.74, 6) is 0. The third kappa shape index (κ3) is 4.02. The molecule has 0 aliphatic carbocycles. The first-order valence-corrected chi connectivity index (χ1v) is 5.66. The van der Waals surface area contributed by atoms with Gasteiger partial charge in [0.2, 0.25) is 0 Å². The summed E-state index contributed by atoms with van der Waals surface area (Å²) >= 11 is 0. The van der Waals surface area contributed by atoms with E-state index >= 15 is 0 Å². The van der Waals surface area contributed by atoms with Crippen LogP contribution in [0.2, 0.25) is 0 Å². The van der Waals surface area contributed by atoms with Gasteiger partial charge in [-0.3, -0.25) is 4.90 Å². The molecule has 0 bridgehead atoms. The highest BCUT2D eigenvalue weighted by atomic mass is 15.1. The fraction of sp³-hybridized carbons (Fsp3) is 0.538. The molecule has 0 saturated heterocycles. The van der Waals surface area contributed by atoms with E-state index in [1.807, 2.05) is 0 Å². The highest BCUT2D eigenvalue weighted by Gasteiger charge is 2.07. The molecule has 0 spiro atoms. The summed E-state index contributed by atoms with van der Waals surface area (Å²) in [6, 6.07) is 8.78. The Labute approximate surface area is 93.1 Å². The van der Waals surface area contributed by atoms with Gasteiger partial charge in [-0.25, -0.2) is 0 Å². The van der Waals surface area contributed by atoms with E-state index in [9.17, 15) is 0 Å². The summed E-state index contributed by atoms with van der Waals surface area (Å²) in [4.78, 5) is 2.38. The first-order valence-electron chi connectivity index (χ1n) is 5.66. The highest BCUT2D eigenvalue weighted by Crippen LogP contribution is 2.10. The van der Waals surface area contributed by atoms with Crippen LogP contribution in [-0.2, 0) is 6.54 Å². The lowest BCUT2D eigenvalue weighted by Crippen LogP contribution is -2.35. The van der Waals surface area contributed by atoms with Crippen molar-refractivity contribution in [3.8, 4) is 0 Å². The molecule has 0 aliphatic rings. The van der Waals surface area contributed by atoms with Crippen LogP contribution in [-0.4, -0.2) is 24.0 Å². The van der Waals surface area contributed by atoms with E-state index in [-0.39, 0.29) is 6.04 Å². The second-order valence-electron chi connectivity index (χ2n) is 4.23. The number of nitrogens with zero attached hydrogens (tertiary/aromatic N) is 1. The summed E-state index contributed by atoms with van der Waals surface area (Å²) in [5.41, 5.74) is 8.58. The molecular weight excluding hydrogens is 184 g/mol. The summed E-state index contributed by atoms with van der Waals surface area (Å²) in [6.45, 7) is 9.42. The second-order valence-corrected chi connectivity index (χ2v) is 4.23. The maximum atomic E-state index is 5.82. The Balaban J connectivity index is 2.62. The zero-order chi connectivity index (χ0) is 11.3. The van der Waals surface area contributed by atoms with Crippen molar-refractivity contribution in [2.75, 3.05) is 13.1 Å². The molecule has 0 aliphatic heterocycles. The number of hydrogen-bond donors (Lipinski definition) is 1. The minimum absolute atomic E-state index is 0.244. The van der Waals surface area contributed by atoms with Crippen LogP contribution in [0.4, 0.5) is 0 Å². The smallest absolute Gasteiger partial charge is 0.0236 e. The van der Waals surface area contributed by atoms with Crippen molar-refractivity contribution in [2.24, 2.45) is 5.73 Å². The van der Waals surface area contributed by atoms with E-state index in [2.05, 4.69) is 49.9 Å². The zero-order valence-corrected chi connectivity index (χ0v) is 10.0. The number of benzene rings is 1. The summed E-state index contributed by atoms with van der Waals surface area (Å²) in [5, 5.41) is 0. The van der Waals surface area contributed by atoms with Crippen molar-refractivity contribution in [1.29, 1.82) is 0 Å². The Hall–Kier alpha value is -0.860. The molecule has 0 radical (unpaired) electrons. The lowest BCUT2D eigenvalue weighted by molar-refractivity contribution is 0.266. The molecule has 1 aromatic rings. The van der Waals surface area contributed by atoms with Gasteiger partial charge in [-0.05, 0) is 31.5 Å². The fourth-order valence-corrected chi connectivity index (χ4v) is 1.74. The molecule has 1 unspecified atom stereocenters. The molecule has 0 heterocycles. The average Bonchev–Trinajstić information content (AvgIpc) is 2.19. The van der Waals surface area contributed by atoms with Gasteiger partial charge in [0.25, 0.3) is 0 Å². The average molecular weight is 206 g/mol. The monoisotopic (exact) mass is 206 g/mol. The molecular formula is C13H22N2. The lowest BCUT2D eigenvalue weighted by Gasteiger charge is -2.23. The molecule has 0 amide bonds. The Morgan fingerprint density at radius 3 is 2.53 bits per heavy atom. The predicted octanol–water partition coefficient (Wildman–Crippen LogP) is 2.16. The van der Waals surface area contributed by atoms with Crippen LogP contribution in [0.1, 0.15) is 25.0 Å². The van der Waals surface area contributed by atoms with Crippen LogP contribution in [0, 0.1) is 6.92 Å². The Morgan fingerprint density at radius 1 is 1.33 bits per heavy atom. The van der Waals surface area contributed by atoms with E-state index < -0.39 is 0 Å². The Kier molecular flexibility index (Phi) is 4.79.